The number of fused-ring (bicyclic) bond motifs is 1. The minimum atomic E-state index is -0.0635. The van der Waals surface area contributed by atoms with Gasteiger partial charge in [0.15, 0.2) is 0 Å². The van der Waals surface area contributed by atoms with Gasteiger partial charge in [-0.2, -0.15) is 0 Å². The van der Waals surface area contributed by atoms with Gasteiger partial charge in [-0.3, -0.25) is 0 Å². The van der Waals surface area contributed by atoms with E-state index >= 15 is 0 Å². The maximum atomic E-state index is 6.56. The molecule has 0 unspecified atom stereocenters. The fourth-order valence-corrected chi connectivity index (χ4v) is 4.15. The summed E-state index contributed by atoms with van der Waals surface area (Å²) < 4.78 is 17.0. The Kier molecular flexibility index (Phi) is 5.29. The van der Waals surface area contributed by atoms with Gasteiger partial charge in [-0.25, -0.2) is 0 Å². The Bertz CT molecular complexity index is 693. The van der Waals surface area contributed by atoms with E-state index in [1.54, 1.807) is 13.4 Å². The third-order valence-electron chi connectivity index (χ3n) is 5.71. The summed E-state index contributed by atoms with van der Waals surface area (Å²) in [4.78, 5) is 2.48. The van der Waals surface area contributed by atoms with Crippen molar-refractivity contribution in [3.8, 4) is 5.75 Å². The molecule has 2 aliphatic heterocycles. The fourth-order valence-electron chi connectivity index (χ4n) is 4.15. The van der Waals surface area contributed by atoms with Gasteiger partial charge in [0.25, 0.3) is 0 Å². The average molecular weight is 356 g/mol. The molecule has 1 saturated heterocycles. The standard InChI is InChI=1S/C21H28N2O3/c1-24-13-11-23-9-7-21(8-10-23)14-19(22-15-17-6-12-25-16-17)18-4-2-3-5-20(18)26-21/h2-6,12,16,19,22H,7-11,13-15H2,1H3/t19-/m0/s1. The molecule has 1 N–H and O–H groups in total. The van der Waals surface area contributed by atoms with Crippen LogP contribution in [0.25, 0.3) is 0 Å². The van der Waals surface area contributed by atoms with Crippen molar-refractivity contribution in [2.45, 2.75) is 37.5 Å². The molecule has 0 aliphatic carbocycles. The van der Waals surface area contributed by atoms with Crippen molar-refractivity contribution in [2.24, 2.45) is 0 Å². The van der Waals surface area contributed by atoms with E-state index in [9.17, 15) is 0 Å². The zero-order valence-corrected chi connectivity index (χ0v) is 15.4. The normalized spacial score (nSPS) is 22.1. The lowest BCUT2D eigenvalue weighted by Gasteiger charge is -2.47. The predicted molar refractivity (Wildman–Crippen MR) is 100 cm³/mol. The van der Waals surface area contributed by atoms with Gasteiger partial charge < -0.3 is 24.1 Å². The van der Waals surface area contributed by atoms with Crippen LogP contribution in [-0.4, -0.2) is 43.9 Å². The van der Waals surface area contributed by atoms with Crippen LogP contribution >= 0.6 is 0 Å². The summed E-state index contributed by atoms with van der Waals surface area (Å²) in [6, 6.07) is 10.8. The second-order valence-corrected chi connectivity index (χ2v) is 7.43. The molecular weight excluding hydrogens is 328 g/mol. The highest BCUT2D eigenvalue weighted by Gasteiger charge is 2.42. The number of para-hydroxylation sites is 1. The molecule has 4 rings (SSSR count). The summed E-state index contributed by atoms with van der Waals surface area (Å²) in [6.45, 7) is 4.75. The lowest BCUT2D eigenvalue weighted by molar-refractivity contribution is -0.0289. The predicted octanol–water partition coefficient (Wildman–Crippen LogP) is 3.37. The summed E-state index contributed by atoms with van der Waals surface area (Å²) >= 11 is 0. The molecule has 5 heteroatoms. The number of methoxy groups -OCH3 is 1. The van der Waals surface area contributed by atoms with Crippen LogP contribution in [0, 0.1) is 0 Å². The average Bonchev–Trinajstić information content (AvgIpc) is 3.19. The lowest BCUT2D eigenvalue weighted by Crippen LogP contribution is -2.52. The Morgan fingerprint density at radius 3 is 2.85 bits per heavy atom. The van der Waals surface area contributed by atoms with Crippen LogP contribution in [0.5, 0.6) is 5.75 Å². The third kappa shape index (κ3) is 3.80. The van der Waals surface area contributed by atoms with Gasteiger partial charge in [0.2, 0.25) is 0 Å². The summed E-state index contributed by atoms with van der Waals surface area (Å²) in [6.07, 6.45) is 6.68. The summed E-state index contributed by atoms with van der Waals surface area (Å²) in [5, 5.41) is 3.72. The summed E-state index contributed by atoms with van der Waals surface area (Å²) in [7, 11) is 1.77. The lowest BCUT2D eigenvalue weighted by atomic mass is 9.80. The number of ether oxygens (including phenoxy) is 2. The first-order valence-corrected chi connectivity index (χ1v) is 9.52. The van der Waals surface area contributed by atoms with Crippen LogP contribution in [0.4, 0.5) is 0 Å². The molecule has 0 radical (unpaired) electrons. The van der Waals surface area contributed by atoms with Crippen molar-refractivity contribution in [3.05, 3.63) is 54.0 Å². The molecule has 0 saturated carbocycles. The van der Waals surface area contributed by atoms with Crippen molar-refractivity contribution in [3.63, 3.8) is 0 Å². The third-order valence-corrected chi connectivity index (χ3v) is 5.71. The summed E-state index contributed by atoms with van der Waals surface area (Å²) in [5.41, 5.74) is 2.38. The minimum Gasteiger partial charge on any atom is -0.487 e. The zero-order chi connectivity index (χ0) is 17.8. The Morgan fingerprint density at radius 1 is 1.23 bits per heavy atom. The Balaban J connectivity index is 1.47. The first kappa shape index (κ1) is 17.6. The molecule has 2 aliphatic rings. The zero-order valence-electron chi connectivity index (χ0n) is 15.4. The second kappa shape index (κ2) is 7.82. The Labute approximate surface area is 155 Å². The van der Waals surface area contributed by atoms with Gasteiger partial charge in [0.1, 0.15) is 11.4 Å². The van der Waals surface area contributed by atoms with Gasteiger partial charge >= 0.3 is 0 Å². The summed E-state index contributed by atoms with van der Waals surface area (Å²) in [5.74, 6) is 1.04. The highest BCUT2D eigenvalue weighted by atomic mass is 16.5. The molecule has 1 fully saturated rings. The first-order chi connectivity index (χ1) is 12.8. The Morgan fingerprint density at radius 2 is 2.08 bits per heavy atom. The van der Waals surface area contributed by atoms with Crippen LogP contribution < -0.4 is 10.1 Å². The van der Waals surface area contributed by atoms with Crippen molar-refractivity contribution >= 4 is 0 Å². The SMILES string of the molecule is COCCN1CCC2(CC1)C[C@H](NCc1ccoc1)c1ccccc1O2. The van der Waals surface area contributed by atoms with Crippen LogP contribution in [-0.2, 0) is 11.3 Å². The van der Waals surface area contributed by atoms with Crippen molar-refractivity contribution in [1.29, 1.82) is 0 Å². The van der Waals surface area contributed by atoms with Crippen molar-refractivity contribution in [1.82, 2.24) is 10.2 Å². The number of nitrogens with one attached hydrogen (secondary N) is 1. The maximum Gasteiger partial charge on any atom is 0.124 e. The largest absolute Gasteiger partial charge is 0.487 e. The van der Waals surface area contributed by atoms with E-state index in [1.165, 1.54) is 11.1 Å². The van der Waals surface area contributed by atoms with Crippen molar-refractivity contribution < 1.29 is 13.9 Å². The number of benzene rings is 1. The number of likely N-dealkylation sites (tertiary alicyclic amines) is 1. The molecule has 0 bridgehead atoms. The molecule has 1 atom stereocenters. The highest BCUT2D eigenvalue weighted by Crippen LogP contribution is 2.44. The number of nitrogens with zero attached hydrogens (tertiary/aromatic N) is 1. The van der Waals surface area contributed by atoms with E-state index in [2.05, 4.69) is 34.5 Å². The number of hydrogen-bond donors (Lipinski definition) is 1. The molecule has 26 heavy (non-hydrogen) atoms. The van der Waals surface area contributed by atoms with E-state index < -0.39 is 0 Å². The van der Waals surface area contributed by atoms with Gasteiger partial charge in [0.05, 0.1) is 19.1 Å². The highest BCUT2D eigenvalue weighted by molar-refractivity contribution is 5.39. The number of hydrogen-bond acceptors (Lipinski definition) is 5. The quantitative estimate of drug-likeness (QED) is 0.860. The van der Waals surface area contributed by atoms with E-state index in [0.29, 0.717) is 6.04 Å². The van der Waals surface area contributed by atoms with Crippen molar-refractivity contribution in [2.75, 3.05) is 33.4 Å². The molecule has 1 aromatic carbocycles. The molecule has 1 spiro atoms. The first-order valence-electron chi connectivity index (χ1n) is 9.52. The monoisotopic (exact) mass is 356 g/mol. The smallest absolute Gasteiger partial charge is 0.124 e. The molecule has 140 valence electrons. The van der Waals surface area contributed by atoms with Gasteiger partial charge in [-0.1, -0.05) is 18.2 Å². The number of furan rings is 1. The second-order valence-electron chi connectivity index (χ2n) is 7.43. The Hall–Kier alpha value is -1.82. The number of rotatable bonds is 6. The van der Waals surface area contributed by atoms with Crippen LogP contribution in [0.15, 0.2) is 47.3 Å². The van der Waals surface area contributed by atoms with E-state index in [4.69, 9.17) is 13.9 Å². The van der Waals surface area contributed by atoms with E-state index in [1.807, 2.05) is 12.3 Å². The van der Waals surface area contributed by atoms with Gasteiger partial charge in [-0.05, 0) is 25.0 Å². The van der Waals surface area contributed by atoms with Crippen LogP contribution in [0.2, 0.25) is 0 Å². The van der Waals surface area contributed by atoms with Crippen LogP contribution in [0.3, 0.4) is 0 Å². The molecule has 0 amide bonds. The molecule has 5 nitrogen and oxygen atoms in total. The molecule has 3 heterocycles. The van der Waals surface area contributed by atoms with E-state index in [0.717, 1.165) is 57.8 Å². The van der Waals surface area contributed by atoms with Gasteiger partial charge in [0, 0.05) is 56.9 Å². The van der Waals surface area contributed by atoms with Gasteiger partial charge in [-0.15, -0.1) is 0 Å². The number of piperidine rings is 1. The topological polar surface area (TPSA) is 46.9 Å². The van der Waals surface area contributed by atoms with E-state index in [-0.39, 0.29) is 5.60 Å². The van der Waals surface area contributed by atoms with Crippen LogP contribution in [0.1, 0.15) is 36.4 Å². The maximum absolute atomic E-state index is 6.56. The molecule has 2 aromatic rings. The molecule has 1 aromatic heterocycles. The molecular formula is C21H28N2O3. The minimum absolute atomic E-state index is 0.0635. The fraction of sp³-hybridized carbons (Fsp3) is 0.524.